The van der Waals surface area contributed by atoms with Crippen LogP contribution in [0.3, 0.4) is 0 Å². The monoisotopic (exact) mass is 338 g/mol. The Hall–Kier alpha value is -3.53. The number of benzene rings is 3. The minimum absolute atomic E-state index is 0.737. The van der Waals surface area contributed by atoms with Gasteiger partial charge >= 0.3 is 0 Å². The van der Waals surface area contributed by atoms with Crippen molar-refractivity contribution in [3.05, 3.63) is 96.2 Å². The maximum atomic E-state index is 4.57. The van der Waals surface area contributed by atoms with E-state index in [1.807, 2.05) is 77.5 Å². The predicted octanol–water partition coefficient (Wildman–Crippen LogP) is 4.99. The molecule has 4 heteroatoms. The Bertz CT molecular complexity index is 1020. The Morgan fingerprint density at radius 3 is 2.15 bits per heavy atom. The first-order valence-electron chi connectivity index (χ1n) is 8.48. The van der Waals surface area contributed by atoms with Gasteiger partial charge in [0.25, 0.3) is 0 Å². The molecule has 0 aliphatic heterocycles. The molecule has 0 saturated carbocycles. The highest BCUT2D eigenvalue weighted by Crippen LogP contribution is 2.24. The van der Waals surface area contributed by atoms with Crippen LogP contribution in [0.15, 0.2) is 89.9 Å². The molecule has 3 aromatic carbocycles. The highest BCUT2D eigenvalue weighted by atomic mass is 15.4. The first kappa shape index (κ1) is 16.0. The van der Waals surface area contributed by atoms with Gasteiger partial charge in [-0.05, 0) is 31.2 Å². The molecule has 0 saturated heterocycles. The van der Waals surface area contributed by atoms with Crippen molar-refractivity contribution in [3.63, 3.8) is 0 Å². The zero-order valence-electron chi connectivity index (χ0n) is 14.4. The zero-order valence-corrected chi connectivity index (χ0v) is 14.4. The van der Waals surface area contributed by atoms with Gasteiger partial charge in [-0.2, -0.15) is 0 Å². The number of aromatic nitrogens is 3. The number of para-hydroxylation sites is 1. The summed E-state index contributed by atoms with van der Waals surface area (Å²) in [6, 6.07) is 28.2. The molecule has 26 heavy (non-hydrogen) atoms. The van der Waals surface area contributed by atoms with Crippen LogP contribution in [-0.4, -0.2) is 21.2 Å². The average Bonchev–Trinajstić information content (AvgIpc) is 3.13. The van der Waals surface area contributed by atoms with Crippen LogP contribution in [0.25, 0.3) is 16.9 Å². The molecule has 4 nitrogen and oxygen atoms in total. The van der Waals surface area contributed by atoms with Crippen LogP contribution >= 0.6 is 0 Å². The summed E-state index contributed by atoms with van der Waals surface area (Å²) in [5.74, 6) is 0. The van der Waals surface area contributed by atoms with Gasteiger partial charge in [0.1, 0.15) is 11.4 Å². The number of nitrogens with zero attached hydrogens (tertiary/aromatic N) is 4. The summed E-state index contributed by atoms with van der Waals surface area (Å²) in [7, 11) is 0. The average molecular weight is 338 g/mol. The molecule has 4 rings (SSSR count). The maximum Gasteiger partial charge on any atom is 0.132 e. The van der Waals surface area contributed by atoms with Crippen molar-refractivity contribution in [2.45, 2.75) is 6.92 Å². The van der Waals surface area contributed by atoms with Gasteiger partial charge in [0, 0.05) is 5.56 Å². The lowest BCUT2D eigenvalue weighted by Crippen LogP contribution is -1.99. The number of rotatable bonds is 4. The van der Waals surface area contributed by atoms with Gasteiger partial charge in [0.2, 0.25) is 0 Å². The molecular weight excluding hydrogens is 320 g/mol. The summed E-state index contributed by atoms with van der Waals surface area (Å²) in [5, 5.41) is 8.73. The third-order valence-electron chi connectivity index (χ3n) is 4.11. The lowest BCUT2D eigenvalue weighted by molar-refractivity contribution is 0.807. The van der Waals surface area contributed by atoms with Crippen LogP contribution in [0, 0.1) is 6.92 Å². The second-order valence-corrected chi connectivity index (χ2v) is 6.03. The third kappa shape index (κ3) is 3.30. The number of hydrogen-bond donors (Lipinski definition) is 0. The first-order chi connectivity index (χ1) is 12.8. The van der Waals surface area contributed by atoms with E-state index in [2.05, 4.69) is 34.4 Å². The van der Waals surface area contributed by atoms with Crippen LogP contribution < -0.4 is 0 Å². The fraction of sp³-hybridized carbons (Fsp3) is 0.0455. The second kappa shape index (κ2) is 7.15. The molecule has 0 unspecified atom stereocenters. The minimum Gasteiger partial charge on any atom is -0.254 e. The number of aliphatic imine (C=N–C) groups is 1. The Balaban J connectivity index is 1.80. The van der Waals surface area contributed by atoms with Gasteiger partial charge < -0.3 is 0 Å². The molecule has 0 fully saturated rings. The van der Waals surface area contributed by atoms with E-state index >= 15 is 0 Å². The summed E-state index contributed by atoms with van der Waals surface area (Å²) < 4.78 is 1.85. The van der Waals surface area contributed by atoms with Crippen molar-refractivity contribution in [3.8, 4) is 16.9 Å². The molecule has 0 radical (unpaired) electrons. The zero-order chi connectivity index (χ0) is 17.8. The highest BCUT2D eigenvalue weighted by Gasteiger charge is 2.14. The highest BCUT2D eigenvalue weighted by molar-refractivity contribution is 5.88. The van der Waals surface area contributed by atoms with Crippen molar-refractivity contribution in [2.24, 2.45) is 4.99 Å². The summed E-state index contributed by atoms with van der Waals surface area (Å²) >= 11 is 0. The molecule has 1 heterocycles. The van der Waals surface area contributed by atoms with Gasteiger partial charge in [0.05, 0.1) is 17.6 Å². The van der Waals surface area contributed by atoms with Gasteiger partial charge in [0.15, 0.2) is 0 Å². The van der Waals surface area contributed by atoms with Crippen LogP contribution in [0.2, 0.25) is 0 Å². The molecule has 0 aliphatic carbocycles. The molecular formula is C22H18N4. The van der Waals surface area contributed by atoms with Gasteiger partial charge in [-0.15, -0.1) is 5.10 Å². The second-order valence-electron chi connectivity index (χ2n) is 6.03. The van der Waals surface area contributed by atoms with Crippen LogP contribution in [0.5, 0.6) is 0 Å². The van der Waals surface area contributed by atoms with Crippen molar-refractivity contribution in [1.29, 1.82) is 0 Å². The van der Waals surface area contributed by atoms with Crippen molar-refractivity contribution in [2.75, 3.05) is 0 Å². The van der Waals surface area contributed by atoms with Crippen LogP contribution in [0.4, 0.5) is 5.69 Å². The summed E-state index contributed by atoms with van der Waals surface area (Å²) in [6.07, 6.45) is 1.78. The maximum absolute atomic E-state index is 4.57. The molecule has 0 aliphatic rings. The van der Waals surface area contributed by atoms with Crippen molar-refractivity contribution in [1.82, 2.24) is 15.0 Å². The Morgan fingerprint density at radius 2 is 1.46 bits per heavy atom. The van der Waals surface area contributed by atoms with Crippen molar-refractivity contribution < 1.29 is 0 Å². The fourth-order valence-electron chi connectivity index (χ4n) is 2.76. The van der Waals surface area contributed by atoms with E-state index in [1.54, 1.807) is 6.21 Å². The Kier molecular flexibility index (Phi) is 4.39. The largest absolute Gasteiger partial charge is 0.254 e. The summed E-state index contributed by atoms with van der Waals surface area (Å²) in [6.45, 7) is 2.06. The van der Waals surface area contributed by atoms with E-state index in [1.165, 1.54) is 5.56 Å². The number of aryl methyl sites for hydroxylation is 1. The van der Waals surface area contributed by atoms with E-state index in [9.17, 15) is 0 Å². The Morgan fingerprint density at radius 1 is 0.808 bits per heavy atom. The summed E-state index contributed by atoms with van der Waals surface area (Å²) in [5.41, 5.74) is 5.78. The van der Waals surface area contributed by atoms with E-state index in [-0.39, 0.29) is 0 Å². The fourth-order valence-corrected chi connectivity index (χ4v) is 2.76. The molecule has 0 bridgehead atoms. The van der Waals surface area contributed by atoms with E-state index in [4.69, 9.17) is 0 Å². The number of hydrogen-bond acceptors (Lipinski definition) is 3. The van der Waals surface area contributed by atoms with Crippen LogP contribution in [0.1, 0.15) is 11.3 Å². The lowest BCUT2D eigenvalue weighted by atomic mass is 10.1. The van der Waals surface area contributed by atoms with Gasteiger partial charge in [-0.3, -0.25) is 4.99 Å². The molecule has 0 amide bonds. The Labute approximate surface area is 152 Å². The minimum atomic E-state index is 0.737. The predicted molar refractivity (Wildman–Crippen MR) is 105 cm³/mol. The standard InChI is InChI=1S/C22H18N4/c1-17-12-14-19(15-13-17)23-16-21-22(18-8-4-2-5-9-18)26(25-24-21)20-10-6-3-7-11-20/h2-16H,1H3. The lowest BCUT2D eigenvalue weighted by Gasteiger charge is -2.07. The molecule has 0 N–H and O–H groups in total. The van der Waals surface area contributed by atoms with E-state index < -0.39 is 0 Å². The normalized spacial score (nSPS) is 11.1. The van der Waals surface area contributed by atoms with Gasteiger partial charge in [-0.1, -0.05) is 71.4 Å². The van der Waals surface area contributed by atoms with E-state index in [0.29, 0.717) is 0 Å². The van der Waals surface area contributed by atoms with Gasteiger partial charge in [-0.25, -0.2) is 4.68 Å². The molecule has 0 atom stereocenters. The third-order valence-corrected chi connectivity index (χ3v) is 4.11. The molecule has 1 aromatic heterocycles. The first-order valence-corrected chi connectivity index (χ1v) is 8.48. The quantitative estimate of drug-likeness (QED) is 0.492. The molecule has 0 spiro atoms. The molecule has 126 valence electrons. The molecule has 4 aromatic rings. The summed E-state index contributed by atoms with van der Waals surface area (Å²) in [4.78, 5) is 4.57. The van der Waals surface area contributed by atoms with Crippen LogP contribution in [-0.2, 0) is 0 Å². The SMILES string of the molecule is Cc1ccc(N=Cc2nnn(-c3ccccc3)c2-c2ccccc2)cc1. The smallest absolute Gasteiger partial charge is 0.132 e. The van der Waals surface area contributed by atoms with E-state index in [0.717, 1.165) is 28.3 Å². The van der Waals surface area contributed by atoms with Crippen molar-refractivity contribution >= 4 is 11.9 Å². The topological polar surface area (TPSA) is 43.1 Å².